The summed E-state index contributed by atoms with van der Waals surface area (Å²) >= 11 is 0. The molecular weight excluding hydrogens is 228 g/mol. The molecule has 0 atom stereocenters. The van der Waals surface area contributed by atoms with Crippen LogP contribution in [-0.2, 0) is 12.8 Å². The normalized spacial score (nSPS) is 12.5. The summed E-state index contributed by atoms with van der Waals surface area (Å²) in [4.78, 5) is 0. The SMILES string of the molecule is CCc1ccc2c3c(cccc13)Cc1ccccc1-2. The Morgan fingerprint density at radius 3 is 2.53 bits per heavy atom. The van der Waals surface area contributed by atoms with Crippen LogP contribution >= 0.6 is 0 Å². The van der Waals surface area contributed by atoms with E-state index in [0.717, 1.165) is 12.8 Å². The second-order valence-corrected chi connectivity index (χ2v) is 5.30. The summed E-state index contributed by atoms with van der Waals surface area (Å²) in [6.07, 6.45) is 2.16. The third-order valence-electron chi connectivity index (χ3n) is 4.29. The van der Waals surface area contributed by atoms with Crippen molar-refractivity contribution in [2.75, 3.05) is 0 Å². The van der Waals surface area contributed by atoms with Crippen LogP contribution in [0.2, 0.25) is 0 Å². The van der Waals surface area contributed by atoms with Gasteiger partial charge in [0.1, 0.15) is 0 Å². The smallest absolute Gasteiger partial charge is 0.00132 e. The van der Waals surface area contributed by atoms with Crippen molar-refractivity contribution in [3.05, 3.63) is 71.3 Å². The van der Waals surface area contributed by atoms with Gasteiger partial charge in [0, 0.05) is 0 Å². The van der Waals surface area contributed by atoms with Gasteiger partial charge in [0.25, 0.3) is 0 Å². The van der Waals surface area contributed by atoms with E-state index in [9.17, 15) is 0 Å². The Bertz CT molecular complexity index is 781. The number of hydrogen-bond acceptors (Lipinski definition) is 0. The number of hydrogen-bond donors (Lipinski definition) is 0. The van der Waals surface area contributed by atoms with Gasteiger partial charge in [-0.05, 0) is 51.4 Å². The molecule has 0 amide bonds. The molecule has 1 aliphatic rings. The van der Waals surface area contributed by atoms with Gasteiger partial charge < -0.3 is 0 Å². The van der Waals surface area contributed by atoms with Crippen molar-refractivity contribution in [2.45, 2.75) is 19.8 Å². The van der Waals surface area contributed by atoms with E-state index in [2.05, 4.69) is 61.5 Å². The van der Waals surface area contributed by atoms with Gasteiger partial charge in [-0.2, -0.15) is 0 Å². The molecule has 0 radical (unpaired) electrons. The summed E-state index contributed by atoms with van der Waals surface area (Å²) in [6, 6.07) is 20.2. The van der Waals surface area contributed by atoms with Crippen LogP contribution in [0.4, 0.5) is 0 Å². The first-order valence-corrected chi connectivity index (χ1v) is 7.00. The van der Waals surface area contributed by atoms with E-state index < -0.39 is 0 Å². The lowest BCUT2D eigenvalue weighted by atomic mass is 9.82. The molecule has 1 aliphatic carbocycles. The molecule has 3 aromatic carbocycles. The summed E-state index contributed by atoms with van der Waals surface area (Å²) in [6.45, 7) is 2.24. The maximum absolute atomic E-state index is 2.31. The van der Waals surface area contributed by atoms with Gasteiger partial charge in [0.15, 0.2) is 0 Å². The first-order valence-electron chi connectivity index (χ1n) is 7.00. The zero-order valence-corrected chi connectivity index (χ0v) is 11.1. The Hall–Kier alpha value is -2.08. The van der Waals surface area contributed by atoms with Crippen LogP contribution in [0.3, 0.4) is 0 Å². The van der Waals surface area contributed by atoms with Crippen LogP contribution in [-0.4, -0.2) is 0 Å². The second-order valence-electron chi connectivity index (χ2n) is 5.30. The molecule has 3 aromatic rings. The summed E-state index contributed by atoms with van der Waals surface area (Å²) in [5.74, 6) is 0. The number of rotatable bonds is 1. The Labute approximate surface area is 113 Å². The van der Waals surface area contributed by atoms with Gasteiger partial charge in [-0.1, -0.05) is 61.5 Å². The van der Waals surface area contributed by atoms with E-state index in [1.807, 2.05) is 0 Å². The molecule has 0 saturated heterocycles. The molecule has 92 valence electrons. The minimum Gasteiger partial charge on any atom is -0.0619 e. The third-order valence-corrected chi connectivity index (χ3v) is 4.29. The number of benzene rings is 3. The first-order chi connectivity index (χ1) is 9.38. The Morgan fingerprint density at radius 1 is 0.789 bits per heavy atom. The Morgan fingerprint density at radius 2 is 1.63 bits per heavy atom. The standard InChI is InChI=1S/C19H16/c1-2-13-10-11-18-16-8-4-3-6-14(16)12-15-7-5-9-17(13)19(15)18/h3-11H,2,12H2,1H3. The van der Waals surface area contributed by atoms with Crippen molar-refractivity contribution in [2.24, 2.45) is 0 Å². The predicted molar refractivity (Wildman–Crippen MR) is 81.6 cm³/mol. The molecule has 0 unspecified atom stereocenters. The lowest BCUT2D eigenvalue weighted by molar-refractivity contribution is 1.15. The van der Waals surface area contributed by atoms with Crippen LogP contribution in [0.1, 0.15) is 23.6 Å². The van der Waals surface area contributed by atoms with Crippen LogP contribution in [0, 0.1) is 0 Å². The van der Waals surface area contributed by atoms with E-state index in [4.69, 9.17) is 0 Å². The fourth-order valence-electron chi connectivity index (χ4n) is 3.37. The van der Waals surface area contributed by atoms with Crippen molar-refractivity contribution >= 4 is 10.8 Å². The van der Waals surface area contributed by atoms with Crippen molar-refractivity contribution in [3.63, 3.8) is 0 Å². The molecule has 0 saturated carbocycles. The summed E-state index contributed by atoms with van der Waals surface area (Å²) < 4.78 is 0. The van der Waals surface area contributed by atoms with Gasteiger partial charge in [0.2, 0.25) is 0 Å². The predicted octanol–water partition coefficient (Wildman–Crippen LogP) is 4.97. The van der Waals surface area contributed by atoms with Crippen molar-refractivity contribution in [1.82, 2.24) is 0 Å². The molecule has 0 aromatic heterocycles. The maximum Gasteiger partial charge on any atom is -0.00132 e. The largest absolute Gasteiger partial charge is 0.0619 e. The summed E-state index contributed by atoms with van der Waals surface area (Å²) in [7, 11) is 0. The van der Waals surface area contributed by atoms with E-state index in [1.54, 1.807) is 0 Å². The zero-order valence-electron chi connectivity index (χ0n) is 11.1. The van der Waals surface area contributed by atoms with Gasteiger partial charge in [0.05, 0.1) is 0 Å². The fraction of sp³-hybridized carbons (Fsp3) is 0.158. The molecule has 0 bridgehead atoms. The van der Waals surface area contributed by atoms with Gasteiger partial charge in [-0.3, -0.25) is 0 Å². The molecule has 0 heterocycles. The fourth-order valence-corrected chi connectivity index (χ4v) is 3.37. The lowest BCUT2D eigenvalue weighted by Gasteiger charge is -2.22. The molecule has 0 nitrogen and oxygen atoms in total. The third kappa shape index (κ3) is 1.46. The second kappa shape index (κ2) is 3.96. The molecule has 0 N–H and O–H groups in total. The molecule has 19 heavy (non-hydrogen) atoms. The average molecular weight is 244 g/mol. The Kier molecular flexibility index (Phi) is 2.25. The van der Waals surface area contributed by atoms with Crippen molar-refractivity contribution < 1.29 is 0 Å². The van der Waals surface area contributed by atoms with Crippen LogP contribution in [0.25, 0.3) is 21.9 Å². The van der Waals surface area contributed by atoms with E-state index >= 15 is 0 Å². The average Bonchev–Trinajstić information content (AvgIpc) is 2.48. The highest BCUT2D eigenvalue weighted by Gasteiger charge is 2.18. The minimum absolute atomic E-state index is 1.06. The van der Waals surface area contributed by atoms with E-state index in [1.165, 1.54) is 38.6 Å². The van der Waals surface area contributed by atoms with Crippen LogP contribution in [0.5, 0.6) is 0 Å². The van der Waals surface area contributed by atoms with Gasteiger partial charge in [-0.25, -0.2) is 0 Å². The highest BCUT2D eigenvalue weighted by atomic mass is 14.2. The lowest BCUT2D eigenvalue weighted by Crippen LogP contribution is -2.01. The summed E-state index contributed by atoms with van der Waals surface area (Å²) in [5, 5.41) is 2.91. The molecule has 4 rings (SSSR count). The molecule has 0 fully saturated rings. The first kappa shape index (κ1) is 10.8. The zero-order chi connectivity index (χ0) is 12.8. The van der Waals surface area contributed by atoms with E-state index in [-0.39, 0.29) is 0 Å². The Balaban J connectivity index is 2.17. The number of aryl methyl sites for hydroxylation is 1. The highest BCUT2D eigenvalue weighted by Crippen LogP contribution is 2.40. The van der Waals surface area contributed by atoms with Crippen molar-refractivity contribution in [3.8, 4) is 11.1 Å². The van der Waals surface area contributed by atoms with Crippen molar-refractivity contribution in [1.29, 1.82) is 0 Å². The van der Waals surface area contributed by atoms with Crippen LogP contribution in [0.15, 0.2) is 54.6 Å². The minimum atomic E-state index is 1.06. The molecular formula is C19H16. The molecule has 0 spiro atoms. The van der Waals surface area contributed by atoms with Gasteiger partial charge in [-0.15, -0.1) is 0 Å². The topological polar surface area (TPSA) is 0 Å². The van der Waals surface area contributed by atoms with Crippen LogP contribution < -0.4 is 0 Å². The molecule has 0 heteroatoms. The molecule has 0 aliphatic heterocycles. The van der Waals surface area contributed by atoms with Gasteiger partial charge >= 0.3 is 0 Å². The monoisotopic (exact) mass is 244 g/mol. The highest BCUT2D eigenvalue weighted by molar-refractivity contribution is 6.03. The number of fused-ring (bicyclic) bond motifs is 2. The maximum atomic E-state index is 2.31. The van der Waals surface area contributed by atoms with E-state index in [0.29, 0.717) is 0 Å². The summed E-state index contributed by atoms with van der Waals surface area (Å²) in [5.41, 5.74) is 7.20. The quantitative estimate of drug-likeness (QED) is 0.443.